The molecule has 24 heavy (non-hydrogen) atoms. The molecular formula is C19H13ClN4. The van der Waals surface area contributed by atoms with E-state index < -0.39 is 0 Å². The summed E-state index contributed by atoms with van der Waals surface area (Å²) in [6.45, 7) is 0.685. The van der Waals surface area contributed by atoms with Crippen LogP contribution in [-0.2, 0) is 6.54 Å². The van der Waals surface area contributed by atoms with Gasteiger partial charge in [-0.25, -0.2) is 4.68 Å². The molecular weight excluding hydrogens is 320 g/mol. The van der Waals surface area contributed by atoms with Crippen molar-refractivity contribution in [3.05, 3.63) is 77.4 Å². The Balaban J connectivity index is 1.86. The molecule has 2 aromatic carbocycles. The summed E-state index contributed by atoms with van der Waals surface area (Å²) in [5, 5.41) is 10.6. The molecule has 116 valence electrons. The molecule has 0 bridgehead atoms. The van der Waals surface area contributed by atoms with Crippen LogP contribution in [0.4, 0.5) is 0 Å². The highest BCUT2D eigenvalue weighted by Crippen LogP contribution is 2.30. The molecule has 5 heteroatoms. The molecule has 4 nitrogen and oxygen atoms in total. The van der Waals surface area contributed by atoms with Crippen LogP contribution in [0.1, 0.15) is 5.56 Å². The number of fused-ring (bicyclic) bond motifs is 6. The first kappa shape index (κ1) is 13.6. The Labute approximate surface area is 142 Å². The Morgan fingerprint density at radius 1 is 0.917 bits per heavy atom. The average Bonchev–Trinajstić information content (AvgIpc) is 3.23. The molecule has 0 aliphatic carbocycles. The van der Waals surface area contributed by atoms with Crippen molar-refractivity contribution < 1.29 is 0 Å². The highest BCUT2D eigenvalue weighted by Gasteiger charge is 2.15. The number of pyridine rings is 1. The Morgan fingerprint density at radius 3 is 2.67 bits per heavy atom. The minimum absolute atomic E-state index is 0.685. The Morgan fingerprint density at radius 2 is 1.79 bits per heavy atom. The van der Waals surface area contributed by atoms with E-state index in [1.807, 2.05) is 47.1 Å². The third kappa shape index (κ3) is 1.93. The minimum atomic E-state index is 0.685. The van der Waals surface area contributed by atoms with Crippen LogP contribution in [0.5, 0.6) is 0 Å². The highest BCUT2D eigenvalue weighted by molar-refractivity contribution is 6.31. The number of halogens is 1. The van der Waals surface area contributed by atoms with E-state index in [0.29, 0.717) is 11.6 Å². The van der Waals surface area contributed by atoms with Crippen LogP contribution in [-0.4, -0.2) is 19.4 Å². The Hall–Kier alpha value is -2.85. The molecule has 5 aromatic rings. The predicted molar refractivity (Wildman–Crippen MR) is 96.5 cm³/mol. The van der Waals surface area contributed by atoms with Crippen LogP contribution in [0.2, 0.25) is 5.02 Å². The molecule has 0 fully saturated rings. The zero-order valence-electron chi connectivity index (χ0n) is 12.7. The third-order valence-electron chi connectivity index (χ3n) is 4.37. The molecule has 0 N–H and O–H groups in total. The summed E-state index contributed by atoms with van der Waals surface area (Å²) in [4.78, 5) is 0. The lowest BCUT2D eigenvalue weighted by molar-refractivity contribution is 0.671. The fourth-order valence-corrected chi connectivity index (χ4v) is 3.48. The van der Waals surface area contributed by atoms with Gasteiger partial charge in [-0.15, -0.1) is 5.10 Å². The summed E-state index contributed by atoms with van der Waals surface area (Å²) < 4.78 is 4.12. The van der Waals surface area contributed by atoms with E-state index in [9.17, 15) is 0 Å². The largest absolute Gasteiger partial charge is 0.314 e. The number of hydrogen-bond acceptors (Lipinski definition) is 2. The van der Waals surface area contributed by atoms with Crippen LogP contribution in [0.15, 0.2) is 66.9 Å². The van der Waals surface area contributed by atoms with Gasteiger partial charge in [0.2, 0.25) is 0 Å². The highest BCUT2D eigenvalue weighted by atomic mass is 35.5. The molecule has 3 heterocycles. The van der Waals surface area contributed by atoms with E-state index in [1.165, 1.54) is 5.56 Å². The standard InChI is InChI=1S/C19H13ClN4/c20-14-8-9-16-15(11-14)18-19(17-7-4-10-23(16)17)24(22-21-18)12-13-5-2-1-3-6-13/h1-11H,12H2. The van der Waals surface area contributed by atoms with Crippen LogP contribution in [0, 0.1) is 0 Å². The van der Waals surface area contributed by atoms with Crippen molar-refractivity contribution in [3.63, 3.8) is 0 Å². The quantitative estimate of drug-likeness (QED) is 0.476. The second-order valence-corrected chi connectivity index (χ2v) is 6.29. The van der Waals surface area contributed by atoms with Gasteiger partial charge in [-0.3, -0.25) is 0 Å². The van der Waals surface area contributed by atoms with Gasteiger partial charge in [0, 0.05) is 16.6 Å². The number of hydrogen-bond donors (Lipinski definition) is 0. The van der Waals surface area contributed by atoms with Crippen molar-refractivity contribution in [2.75, 3.05) is 0 Å². The molecule has 5 rings (SSSR count). The molecule has 0 spiro atoms. The lowest BCUT2D eigenvalue weighted by Crippen LogP contribution is -2.02. The molecule has 0 amide bonds. The van der Waals surface area contributed by atoms with E-state index in [-0.39, 0.29) is 0 Å². The Bertz CT molecular complexity index is 1190. The lowest BCUT2D eigenvalue weighted by Gasteiger charge is -2.08. The maximum atomic E-state index is 6.22. The molecule has 0 radical (unpaired) electrons. The second-order valence-electron chi connectivity index (χ2n) is 5.85. The van der Waals surface area contributed by atoms with Crippen molar-refractivity contribution in [1.82, 2.24) is 19.4 Å². The predicted octanol–water partition coefficient (Wildman–Crippen LogP) is 4.54. The Kier molecular flexibility index (Phi) is 2.87. The summed E-state index contributed by atoms with van der Waals surface area (Å²) in [7, 11) is 0. The van der Waals surface area contributed by atoms with Crippen molar-refractivity contribution in [1.29, 1.82) is 0 Å². The smallest absolute Gasteiger partial charge is 0.124 e. The van der Waals surface area contributed by atoms with Gasteiger partial charge in [-0.05, 0) is 35.9 Å². The van der Waals surface area contributed by atoms with E-state index in [2.05, 4.69) is 39.1 Å². The first-order chi connectivity index (χ1) is 11.8. The van der Waals surface area contributed by atoms with Crippen LogP contribution < -0.4 is 0 Å². The lowest BCUT2D eigenvalue weighted by atomic mass is 10.1. The van der Waals surface area contributed by atoms with Gasteiger partial charge in [0.25, 0.3) is 0 Å². The fraction of sp³-hybridized carbons (Fsp3) is 0.0526. The maximum absolute atomic E-state index is 6.22. The second kappa shape index (κ2) is 5.08. The minimum Gasteiger partial charge on any atom is -0.314 e. The first-order valence-corrected chi connectivity index (χ1v) is 8.14. The zero-order valence-corrected chi connectivity index (χ0v) is 13.5. The first-order valence-electron chi connectivity index (χ1n) is 7.77. The van der Waals surface area contributed by atoms with Crippen molar-refractivity contribution in [2.45, 2.75) is 6.54 Å². The molecule has 0 saturated heterocycles. The summed E-state index contributed by atoms with van der Waals surface area (Å²) >= 11 is 6.22. The van der Waals surface area contributed by atoms with E-state index in [4.69, 9.17) is 11.6 Å². The van der Waals surface area contributed by atoms with Crippen molar-refractivity contribution in [2.24, 2.45) is 0 Å². The van der Waals surface area contributed by atoms with Gasteiger partial charge in [0.1, 0.15) is 11.0 Å². The topological polar surface area (TPSA) is 35.1 Å². The monoisotopic (exact) mass is 332 g/mol. The number of aromatic nitrogens is 4. The molecule has 0 aliphatic rings. The van der Waals surface area contributed by atoms with Gasteiger partial charge in [0.15, 0.2) is 0 Å². The molecule has 0 unspecified atom stereocenters. The number of rotatable bonds is 2. The fourth-order valence-electron chi connectivity index (χ4n) is 3.31. The van der Waals surface area contributed by atoms with E-state index >= 15 is 0 Å². The van der Waals surface area contributed by atoms with Gasteiger partial charge < -0.3 is 4.40 Å². The summed E-state index contributed by atoms with van der Waals surface area (Å²) in [6, 6.07) is 20.3. The van der Waals surface area contributed by atoms with Gasteiger partial charge in [-0.2, -0.15) is 0 Å². The average molecular weight is 333 g/mol. The number of nitrogens with zero attached hydrogens (tertiary/aromatic N) is 4. The summed E-state index contributed by atoms with van der Waals surface area (Å²) in [6.07, 6.45) is 2.06. The van der Waals surface area contributed by atoms with Crippen LogP contribution in [0.3, 0.4) is 0 Å². The van der Waals surface area contributed by atoms with Crippen LogP contribution >= 0.6 is 11.6 Å². The third-order valence-corrected chi connectivity index (χ3v) is 4.61. The molecule has 3 aromatic heterocycles. The van der Waals surface area contributed by atoms with Crippen LogP contribution in [0.25, 0.3) is 27.5 Å². The molecule has 0 atom stereocenters. The maximum Gasteiger partial charge on any atom is 0.124 e. The summed E-state index contributed by atoms with van der Waals surface area (Å²) in [5.74, 6) is 0. The normalized spacial score (nSPS) is 11.7. The number of benzene rings is 2. The van der Waals surface area contributed by atoms with Gasteiger partial charge in [0.05, 0.1) is 17.6 Å². The van der Waals surface area contributed by atoms with E-state index in [1.54, 1.807) is 0 Å². The van der Waals surface area contributed by atoms with Gasteiger partial charge >= 0.3 is 0 Å². The van der Waals surface area contributed by atoms with Crippen molar-refractivity contribution in [3.8, 4) is 0 Å². The van der Waals surface area contributed by atoms with E-state index in [0.717, 1.165) is 27.5 Å². The zero-order chi connectivity index (χ0) is 16.1. The van der Waals surface area contributed by atoms with Crippen molar-refractivity contribution >= 4 is 39.1 Å². The molecule has 0 saturated carbocycles. The van der Waals surface area contributed by atoms with Gasteiger partial charge in [-0.1, -0.05) is 47.1 Å². The summed E-state index contributed by atoms with van der Waals surface area (Å²) in [5.41, 5.74) is 5.29. The molecule has 0 aliphatic heterocycles. The SMILES string of the molecule is Clc1ccc2c(c1)c1nnn(Cc3ccccc3)c1c1cccn21.